The van der Waals surface area contributed by atoms with Crippen LogP contribution in [0.4, 0.5) is 0 Å². The zero-order valence-electron chi connectivity index (χ0n) is 12.4. The lowest BCUT2D eigenvalue weighted by atomic mass is 10.2. The van der Waals surface area contributed by atoms with Gasteiger partial charge in [0.2, 0.25) is 0 Å². The monoisotopic (exact) mass is 280 g/mol. The Morgan fingerprint density at radius 1 is 1.35 bits per heavy atom. The molecule has 0 bridgehead atoms. The summed E-state index contributed by atoms with van der Waals surface area (Å²) >= 11 is 0. The van der Waals surface area contributed by atoms with Gasteiger partial charge >= 0.3 is 5.97 Å². The number of esters is 1. The molecular formula is C14H20N2O4. The number of pyridine rings is 1. The van der Waals surface area contributed by atoms with Gasteiger partial charge in [0.15, 0.2) is 0 Å². The highest BCUT2D eigenvalue weighted by atomic mass is 16.6. The first-order valence-corrected chi connectivity index (χ1v) is 6.30. The van der Waals surface area contributed by atoms with E-state index in [1.165, 1.54) is 29.8 Å². The van der Waals surface area contributed by atoms with E-state index in [4.69, 9.17) is 4.74 Å². The van der Waals surface area contributed by atoms with E-state index in [0.29, 0.717) is 0 Å². The number of carbonyl (C=O) groups excluding carboxylic acids is 2. The maximum atomic E-state index is 11.9. The first kappa shape index (κ1) is 15.9. The Morgan fingerprint density at radius 2 is 1.95 bits per heavy atom. The second-order valence-electron chi connectivity index (χ2n) is 5.59. The molecule has 1 N–H and O–H groups in total. The van der Waals surface area contributed by atoms with Crippen LogP contribution in [0.1, 0.15) is 38.1 Å². The standard InChI is InChI=1S/C14H20N2O4/c1-9(13(19)20-14(2,3)4)15-12(18)10-6-7-16(5)11(17)8-10/h6-9H,1-5H3,(H,15,18)/t9-/m1/s1. The number of nitrogens with zero attached hydrogens (tertiary/aromatic N) is 1. The van der Waals surface area contributed by atoms with Gasteiger partial charge < -0.3 is 14.6 Å². The number of hydrogen-bond donors (Lipinski definition) is 1. The van der Waals surface area contributed by atoms with Gasteiger partial charge in [-0.1, -0.05) is 0 Å². The Hall–Kier alpha value is -2.11. The first-order chi connectivity index (χ1) is 9.10. The molecule has 0 aliphatic rings. The summed E-state index contributed by atoms with van der Waals surface area (Å²) in [6, 6.07) is 1.95. The number of aryl methyl sites for hydroxylation is 1. The Bertz CT molecular complexity index is 569. The lowest BCUT2D eigenvalue weighted by Gasteiger charge is -2.22. The van der Waals surface area contributed by atoms with Crippen molar-refractivity contribution in [3.63, 3.8) is 0 Å². The fourth-order valence-corrected chi connectivity index (χ4v) is 1.42. The molecule has 0 fully saturated rings. The first-order valence-electron chi connectivity index (χ1n) is 6.30. The van der Waals surface area contributed by atoms with Crippen molar-refractivity contribution in [2.24, 2.45) is 7.05 Å². The Labute approximate surface area is 117 Å². The number of ether oxygens (including phenoxy) is 1. The average molecular weight is 280 g/mol. The molecule has 1 aromatic rings. The highest BCUT2D eigenvalue weighted by Gasteiger charge is 2.23. The number of aromatic nitrogens is 1. The largest absolute Gasteiger partial charge is 0.458 e. The molecule has 1 amide bonds. The molecule has 0 aromatic carbocycles. The van der Waals surface area contributed by atoms with Crippen molar-refractivity contribution in [1.82, 2.24) is 9.88 Å². The summed E-state index contributed by atoms with van der Waals surface area (Å²) in [4.78, 5) is 35.1. The van der Waals surface area contributed by atoms with E-state index in [1.54, 1.807) is 27.8 Å². The lowest BCUT2D eigenvalue weighted by molar-refractivity contribution is -0.156. The average Bonchev–Trinajstić information content (AvgIpc) is 2.30. The molecular weight excluding hydrogens is 260 g/mol. The molecule has 1 atom stereocenters. The summed E-state index contributed by atoms with van der Waals surface area (Å²) in [5.74, 6) is -1.00. The summed E-state index contributed by atoms with van der Waals surface area (Å²) in [6.07, 6.45) is 1.50. The molecule has 1 rings (SSSR count). The van der Waals surface area contributed by atoms with Crippen molar-refractivity contribution in [2.75, 3.05) is 0 Å². The van der Waals surface area contributed by atoms with Crippen molar-refractivity contribution in [3.8, 4) is 0 Å². The topological polar surface area (TPSA) is 77.4 Å². The quantitative estimate of drug-likeness (QED) is 0.832. The summed E-state index contributed by atoms with van der Waals surface area (Å²) in [6.45, 7) is 6.79. The summed E-state index contributed by atoms with van der Waals surface area (Å²) in [5, 5.41) is 2.50. The van der Waals surface area contributed by atoms with Crippen LogP contribution < -0.4 is 10.9 Å². The molecule has 110 valence electrons. The number of carbonyl (C=O) groups is 2. The van der Waals surface area contributed by atoms with Crippen molar-refractivity contribution in [1.29, 1.82) is 0 Å². The molecule has 20 heavy (non-hydrogen) atoms. The van der Waals surface area contributed by atoms with Crippen LogP contribution in [-0.4, -0.2) is 28.1 Å². The van der Waals surface area contributed by atoms with Gasteiger partial charge in [-0.3, -0.25) is 9.59 Å². The SMILES string of the molecule is C[C@@H](NC(=O)c1ccn(C)c(=O)c1)C(=O)OC(C)(C)C. The second kappa shape index (κ2) is 5.90. The van der Waals surface area contributed by atoms with E-state index < -0.39 is 23.5 Å². The Balaban J connectivity index is 2.72. The number of nitrogens with one attached hydrogen (secondary N) is 1. The van der Waals surface area contributed by atoms with Gasteiger partial charge in [0.05, 0.1) is 0 Å². The molecule has 0 aliphatic heterocycles. The Kier molecular flexibility index (Phi) is 4.70. The molecule has 0 spiro atoms. The molecule has 0 saturated carbocycles. The molecule has 6 heteroatoms. The van der Waals surface area contributed by atoms with Crippen LogP contribution in [0, 0.1) is 0 Å². The van der Waals surface area contributed by atoms with Crippen LogP contribution in [0.2, 0.25) is 0 Å². The maximum absolute atomic E-state index is 11.9. The van der Waals surface area contributed by atoms with Crippen molar-refractivity contribution in [3.05, 3.63) is 34.2 Å². The van der Waals surface area contributed by atoms with E-state index in [1.807, 2.05) is 0 Å². The molecule has 1 aromatic heterocycles. The molecule has 0 unspecified atom stereocenters. The van der Waals surface area contributed by atoms with Crippen molar-refractivity contribution in [2.45, 2.75) is 39.3 Å². The fourth-order valence-electron chi connectivity index (χ4n) is 1.42. The summed E-state index contributed by atoms with van der Waals surface area (Å²) in [7, 11) is 1.59. The van der Waals surface area contributed by atoms with Crippen molar-refractivity contribution < 1.29 is 14.3 Å². The van der Waals surface area contributed by atoms with Crippen LogP contribution in [0.5, 0.6) is 0 Å². The number of hydrogen-bond acceptors (Lipinski definition) is 4. The zero-order chi connectivity index (χ0) is 15.5. The molecule has 0 aliphatic carbocycles. The minimum atomic E-state index is -0.786. The molecule has 0 radical (unpaired) electrons. The van der Waals surface area contributed by atoms with Crippen LogP contribution in [0.3, 0.4) is 0 Å². The van der Waals surface area contributed by atoms with Crippen LogP contribution in [0.15, 0.2) is 23.1 Å². The second-order valence-corrected chi connectivity index (χ2v) is 5.59. The third-order valence-corrected chi connectivity index (χ3v) is 2.47. The van der Waals surface area contributed by atoms with E-state index in [-0.39, 0.29) is 11.1 Å². The van der Waals surface area contributed by atoms with Crippen LogP contribution in [-0.2, 0) is 16.6 Å². The number of rotatable bonds is 3. The van der Waals surface area contributed by atoms with Gasteiger partial charge in [-0.25, -0.2) is 4.79 Å². The normalized spacial score (nSPS) is 12.7. The predicted octanol–water partition coefficient (Wildman–Crippen LogP) is 0.845. The van der Waals surface area contributed by atoms with Crippen LogP contribution in [0.25, 0.3) is 0 Å². The fraction of sp³-hybridized carbons (Fsp3) is 0.500. The maximum Gasteiger partial charge on any atom is 0.328 e. The minimum absolute atomic E-state index is 0.212. The van der Waals surface area contributed by atoms with Gasteiger partial charge in [0, 0.05) is 24.9 Å². The smallest absolute Gasteiger partial charge is 0.328 e. The van der Waals surface area contributed by atoms with Gasteiger partial charge in [0.25, 0.3) is 11.5 Å². The van der Waals surface area contributed by atoms with E-state index in [0.717, 1.165) is 0 Å². The zero-order valence-corrected chi connectivity index (χ0v) is 12.4. The van der Waals surface area contributed by atoms with Crippen molar-refractivity contribution >= 4 is 11.9 Å². The third-order valence-electron chi connectivity index (χ3n) is 2.47. The number of amides is 1. The van der Waals surface area contributed by atoms with Gasteiger partial charge in [-0.05, 0) is 33.8 Å². The molecule has 0 saturated heterocycles. The van der Waals surface area contributed by atoms with E-state index >= 15 is 0 Å². The molecule has 1 heterocycles. The highest BCUT2D eigenvalue weighted by molar-refractivity contribution is 5.96. The summed E-state index contributed by atoms with van der Waals surface area (Å²) in [5.41, 5.74) is -0.690. The Morgan fingerprint density at radius 3 is 2.45 bits per heavy atom. The minimum Gasteiger partial charge on any atom is -0.458 e. The predicted molar refractivity (Wildman–Crippen MR) is 74.5 cm³/mol. The van der Waals surface area contributed by atoms with E-state index in [2.05, 4.69) is 5.32 Å². The third kappa shape index (κ3) is 4.53. The van der Waals surface area contributed by atoms with E-state index in [9.17, 15) is 14.4 Å². The summed E-state index contributed by atoms with van der Waals surface area (Å²) < 4.78 is 6.51. The van der Waals surface area contributed by atoms with Gasteiger partial charge in [0.1, 0.15) is 11.6 Å². The van der Waals surface area contributed by atoms with Gasteiger partial charge in [-0.15, -0.1) is 0 Å². The van der Waals surface area contributed by atoms with Crippen LogP contribution >= 0.6 is 0 Å². The van der Waals surface area contributed by atoms with Gasteiger partial charge in [-0.2, -0.15) is 0 Å². The lowest BCUT2D eigenvalue weighted by Crippen LogP contribution is -2.42. The molecule has 6 nitrogen and oxygen atoms in total. The highest BCUT2D eigenvalue weighted by Crippen LogP contribution is 2.08.